The van der Waals surface area contributed by atoms with Gasteiger partial charge >= 0.3 is 0 Å². The van der Waals surface area contributed by atoms with E-state index in [1.54, 1.807) is 0 Å². The lowest BCUT2D eigenvalue weighted by molar-refractivity contribution is -0.0381. The summed E-state index contributed by atoms with van der Waals surface area (Å²) in [6, 6.07) is 7.73. The smallest absolute Gasteiger partial charge is 0.115 e. The molecular weight excluding hydrogens is 252 g/mol. The number of thioether (sulfide) groups is 1. The molecule has 0 aromatic heterocycles. The SMILES string of the molecule is Oc1ccc(SCC23CC4CC(CC(C4)C2)C3)cc1. The van der Waals surface area contributed by atoms with Crippen molar-refractivity contribution in [3.8, 4) is 5.75 Å². The first-order chi connectivity index (χ1) is 9.21. The molecule has 4 saturated carbocycles. The van der Waals surface area contributed by atoms with E-state index in [9.17, 15) is 5.11 Å². The number of phenolic OH excluding ortho intramolecular Hbond substituents is 1. The monoisotopic (exact) mass is 274 g/mol. The van der Waals surface area contributed by atoms with Crippen molar-refractivity contribution in [2.75, 3.05) is 5.75 Å². The van der Waals surface area contributed by atoms with E-state index >= 15 is 0 Å². The summed E-state index contributed by atoms with van der Waals surface area (Å²) in [6.07, 6.45) is 9.06. The zero-order valence-electron chi connectivity index (χ0n) is 11.3. The molecule has 0 aliphatic heterocycles. The summed E-state index contributed by atoms with van der Waals surface area (Å²) in [7, 11) is 0. The highest BCUT2D eigenvalue weighted by atomic mass is 32.2. The fourth-order valence-electron chi connectivity index (χ4n) is 5.25. The van der Waals surface area contributed by atoms with Crippen molar-refractivity contribution >= 4 is 11.8 Å². The standard InChI is InChI=1S/C17H22OS/c18-15-1-3-16(4-2-15)19-11-17-8-12-5-13(9-17)7-14(6-12)10-17/h1-4,12-14,18H,5-11H2. The minimum atomic E-state index is 0.374. The first-order valence-corrected chi connectivity index (χ1v) is 8.61. The van der Waals surface area contributed by atoms with Crippen LogP contribution in [0.25, 0.3) is 0 Å². The summed E-state index contributed by atoms with van der Waals surface area (Å²) >= 11 is 2.01. The lowest BCUT2D eigenvalue weighted by atomic mass is 9.50. The minimum absolute atomic E-state index is 0.374. The van der Waals surface area contributed by atoms with Crippen LogP contribution in [0.4, 0.5) is 0 Å². The van der Waals surface area contributed by atoms with Crippen LogP contribution in [-0.2, 0) is 0 Å². The van der Waals surface area contributed by atoms with Gasteiger partial charge in [0.15, 0.2) is 0 Å². The number of rotatable bonds is 3. The van der Waals surface area contributed by atoms with E-state index in [0.29, 0.717) is 11.2 Å². The van der Waals surface area contributed by atoms with E-state index in [-0.39, 0.29) is 0 Å². The number of hydrogen-bond donors (Lipinski definition) is 1. The maximum atomic E-state index is 9.35. The second-order valence-corrected chi connectivity index (χ2v) is 8.25. The fourth-order valence-corrected chi connectivity index (χ4v) is 6.40. The molecule has 19 heavy (non-hydrogen) atoms. The summed E-state index contributed by atoms with van der Waals surface area (Å²) < 4.78 is 0. The van der Waals surface area contributed by atoms with E-state index < -0.39 is 0 Å². The molecule has 1 nitrogen and oxygen atoms in total. The maximum absolute atomic E-state index is 9.35. The summed E-state index contributed by atoms with van der Waals surface area (Å²) in [5, 5.41) is 9.35. The van der Waals surface area contributed by atoms with Gasteiger partial charge in [0.05, 0.1) is 0 Å². The molecule has 0 saturated heterocycles. The Labute approximate surface area is 119 Å². The van der Waals surface area contributed by atoms with E-state index in [4.69, 9.17) is 0 Å². The third-order valence-corrected chi connectivity index (χ3v) is 6.91. The molecule has 4 fully saturated rings. The molecule has 0 amide bonds. The Morgan fingerprint density at radius 2 is 1.47 bits per heavy atom. The zero-order chi connectivity index (χ0) is 12.9. The molecule has 1 aromatic carbocycles. The van der Waals surface area contributed by atoms with Gasteiger partial charge in [-0.2, -0.15) is 0 Å². The van der Waals surface area contributed by atoms with Crippen molar-refractivity contribution in [3.05, 3.63) is 24.3 Å². The largest absolute Gasteiger partial charge is 0.508 e. The highest BCUT2D eigenvalue weighted by Gasteiger charge is 2.50. The highest BCUT2D eigenvalue weighted by molar-refractivity contribution is 7.99. The summed E-state index contributed by atoms with van der Waals surface area (Å²) in [5.74, 6) is 4.81. The Hall–Kier alpha value is -0.630. The third kappa shape index (κ3) is 2.29. The topological polar surface area (TPSA) is 20.2 Å². The normalized spacial score (nSPS) is 39.7. The molecule has 2 heteroatoms. The molecular formula is C17H22OS. The van der Waals surface area contributed by atoms with Crippen molar-refractivity contribution < 1.29 is 5.11 Å². The van der Waals surface area contributed by atoms with Crippen LogP contribution >= 0.6 is 11.8 Å². The van der Waals surface area contributed by atoms with Crippen molar-refractivity contribution in [1.29, 1.82) is 0 Å². The minimum Gasteiger partial charge on any atom is -0.508 e. The Kier molecular flexibility index (Phi) is 2.84. The third-order valence-electron chi connectivity index (χ3n) is 5.55. The van der Waals surface area contributed by atoms with Crippen LogP contribution in [0.15, 0.2) is 29.2 Å². The maximum Gasteiger partial charge on any atom is 0.115 e. The van der Waals surface area contributed by atoms with Gasteiger partial charge in [-0.3, -0.25) is 0 Å². The van der Waals surface area contributed by atoms with Crippen LogP contribution in [-0.4, -0.2) is 10.9 Å². The fraction of sp³-hybridized carbons (Fsp3) is 0.647. The van der Waals surface area contributed by atoms with Crippen molar-refractivity contribution in [2.45, 2.75) is 43.4 Å². The second kappa shape index (κ2) is 4.44. The predicted molar refractivity (Wildman–Crippen MR) is 79.4 cm³/mol. The molecule has 102 valence electrons. The first-order valence-electron chi connectivity index (χ1n) is 7.63. The van der Waals surface area contributed by atoms with Crippen LogP contribution in [0.5, 0.6) is 5.75 Å². The van der Waals surface area contributed by atoms with Gasteiger partial charge in [0, 0.05) is 10.6 Å². The zero-order valence-corrected chi connectivity index (χ0v) is 12.2. The van der Waals surface area contributed by atoms with Crippen LogP contribution in [0.1, 0.15) is 38.5 Å². The lowest BCUT2D eigenvalue weighted by Gasteiger charge is -2.56. The molecule has 1 aromatic rings. The molecule has 0 atom stereocenters. The Balaban J connectivity index is 1.46. The molecule has 0 spiro atoms. The molecule has 1 N–H and O–H groups in total. The van der Waals surface area contributed by atoms with Crippen LogP contribution < -0.4 is 0 Å². The van der Waals surface area contributed by atoms with E-state index in [0.717, 1.165) is 17.8 Å². The Bertz CT molecular complexity index is 429. The van der Waals surface area contributed by atoms with Gasteiger partial charge in [-0.25, -0.2) is 0 Å². The predicted octanol–water partition coefficient (Wildman–Crippen LogP) is 4.70. The van der Waals surface area contributed by atoms with Crippen molar-refractivity contribution in [3.63, 3.8) is 0 Å². The van der Waals surface area contributed by atoms with Gasteiger partial charge in [-0.05, 0) is 86.0 Å². The summed E-state index contributed by atoms with van der Waals surface area (Å²) in [6.45, 7) is 0. The van der Waals surface area contributed by atoms with Crippen molar-refractivity contribution in [2.24, 2.45) is 23.2 Å². The molecule has 0 heterocycles. The number of hydrogen-bond acceptors (Lipinski definition) is 2. The van der Waals surface area contributed by atoms with Gasteiger partial charge < -0.3 is 5.11 Å². The number of benzene rings is 1. The van der Waals surface area contributed by atoms with Crippen molar-refractivity contribution in [1.82, 2.24) is 0 Å². The van der Waals surface area contributed by atoms with Gasteiger partial charge in [0.2, 0.25) is 0 Å². The molecule has 5 rings (SSSR count). The van der Waals surface area contributed by atoms with Gasteiger partial charge in [-0.1, -0.05) is 0 Å². The highest BCUT2D eigenvalue weighted by Crippen LogP contribution is 2.61. The number of phenols is 1. The Morgan fingerprint density at radius 1 is 0.947 bits per heavy atom. The van der Waals surface area contributed by atoms with Gasteiger partial charge in [0.1, 0.15) is 5.75 Å². The van der Waals surface area contributed by atoms with E-state index in [1.165, 1.54) is 49.2 Å². The summed E-state index contributed by atoms with van der Waals surface area (Å²) in [5.41, 5.74) is 0.650. The van der Waals surface area contributed by atoms with Gasteiger partial charge in [-0.15, -0.1) is 11.8 Å². The van der Waals surface area contributed by atoms with Crippen LogP contribution in [0.2, 0.25) is 0 Å². The summed E-state index contributed by atoms with van der Waals surface area (Å²) in [4.78, 5) is 1.31. The van der Waals surface area contributed by atoms with E-state index in [2.05, 4.69) is 12.1 Å². The molecule has 4 bridgehead atoms. The van der Waals surface area contributed by atoms with Gasteiger partial charge in [0.25, 0.3) is 0 Å². The Morgan fingerprint density at radius 3 is 2.00 bits per heavy atom. The van der Waals surface area contributed by atoms with E-state index in [1.807, 2.05) is 23.9 Å². The first kappa shape index (κ1) is 12.1. The van der Waals surface area contributed by atoms with Crippen LogP contribution in [0, 0.1) is 23.2 Å². The van der Waals surface area contributed by atoms with Crippen LogP contribution in [0.3, 0.4) is 0 Å². The molecule has 4 aliphatic rings. The average Bonchev–Trinajstić information content (AvgIpc) is 2.36. The average molecular weight is 274 g/mol. The second-order valence-electron chi connectivity index (χ2n) is 7.20. The molecule has 4 aliphatic carbocycles. The quantitative estimate of drug-likeness (QED) is 0.806. The molecule has 0 unspecified atom stereocenters. The lowest BCUT2D eigenvalue weighted by Crippen LogP contribution is -2.47. The molecule has 0 radical (unpaired) electrons. The number of aromatic hydroxyl groups is 1.